The Morgan fingerprint density at radius 2 is 1.92 bits per heavy atom. The number of benzene rings is 2. The Bertz CT molecular complexity index is 769. The summed E-state index contributed by atoms with van der Waals surface area (Å²) in [5, 5.41) is 6.29. The van der Waals surface area contributed by atoms with Crippen LogP contribution in [0.5, 0.6) is 0 Å². The highest BCUT2D eigenvalue weighted by Gasteiger charge is 2.20. The number of rotatable bonds is 4. The fourth-order valence-electron chi connectivity index (χ4n) is 2.91. The van der Waals surface area contributed by atoms with Gasteiger partial charge in [-0.3, -0.25) is 4.79 Å². The molecule has 0 fully saturated rings. The molecule has 124 valence electrons. The lowest BCUT2D eigenvalue weighted by Gasteiger charge is -2.16. The zero-order chi connectivity index (χ0) is 17.1. The van der Waals surface area contributed by atoms with Crippen LogP contribution in [0.15, 0.2) is 42.5 Å². The van der Waals surface area contributed by atoms with Crippen LogP contribution in [0.2, 0.25) is 0 Å². The molecule has 2 aromatic rings. The molecule has 1 aliphatic heterocycles. The number of carbonyl (C=O) groups excluding carboxylic acids is 2. The molecule has 2 N–H and O–H groups in total. The SMILES string of the molecule is COC(=O)c1ccc([C@H](C)NC(=O)c2cccc3c2NCC3)cc1. The highest BCUT2D eigenvalue weighted by atomic mass is 16.5. The van der Waals surface area contributed by atoms with Crippen molar-refractivity contribution in [3.05, 3.63) is 64.7 Å². The first-order chi connectivity index (χ1) is 11.6. The number of ether oxygens (including phenoxy) is 1. The van der Waals surface area contributed by atoms with Crippen molar-refractivity contribution >= 4 is 17.6 Å². The van der Waals surface area contributed by atoms with Crippen LogP contribution in [0.25, 0.3) is 0 Å². The van der Waals surface area contributed by atoms with E-state index in [9.17, 15) is 9.59 Å². The largest absolute Gasteiger partial charge is 0.465 e. The molecule has 0 unspecified atom stereocenters. The van der Waals surface area contributed by atoms with E-state index in [1.807, 2.05) is 37.3 Å². The number of esters is 1. The average molecular weight is 324 g/mol. The molecule has 2 aromatic carbocycles. The topological polar surface area (TPSA) is 67.4 Å². The van der Waals surface area contributed by atoms with E-state index >= 15 is 0 Å². The van der Waals surface area contributed by atoms with Crippen molar-refractivity contribution in [2.75, 3.05) is 19.0 Å². The number of para-hydroxylation sites is 1. The third-order valence-electron chi connectivity index (χ3n) is 4.27. The Hall–Kier alpha value is -2.82. The van der Waals surface area contributed by atoms with Crippen LogP contribution >= 0.6 is 0 Å². The Labute approximate surface area is 141 Å². The molecule has 0 aromatic heterocycles. The van der Waals surface area contributed by atoms with E-state index in [-0.39, 0.29) is 17.9 Å². The zero-order valence-electron chi connectivity index (χ0n) is 13.8. The Balaban J connectivity index is 1.73. The van der Waals surface area contributed by atoms with Crippen molar-refractivity contribution < 1.29 is 14.3 Å². The van der Waals surface area contributed by atoms with Gasteiger partial charge in [0.05, 0.1) is 30.0 Å². The first-order valence-electron chi connectivity index (χ1n) is 7.95. The summed E-state index contributed by atoms with van der Waals surface area (Å²) in [4.78, 5) is 24.1. The van der Waals surface area contributed by atoms with Gasteiger partial charge in [0.1, 0.15) is 0 Å². The number of fused-ring (bicyclic) bond motifs is 1. The van der Waals surface area contributed by atoms with Crippen LogP contribution in [0.3, 0.4) is 0 Å². The molecule has 3 rings (SSSR count). The zero-order valence-corrected chi connectivity index (χ0v) is 13.8. The molecule has 0 saturated heterocycles. The Morgan fingerprint density at radius 1 is 1.17 bits per heavy atom. The summed E-state index contributed by atoms with van der Waals surface area (Å²) in [6.07, 6.45) is 0.945. The number of nitrogens with one attached hydrogen (secondary N) is 2. The fourth-order valence-corrected chi connectivity index (χ4v) is 2.91. The first kappa shape index (κ1) is 16.1. The molecule has 0 saturated carbocycles. The van der Waals surface area contributed by atoms with E-state index in [4.69, 9.17) is 0 Å². The lowest BCUT2D eigenvalue weighted by atomic mass is 10.0. The summed E-state index contributed by atoms with van der Waals surface area (Å²) in [7, 11) is 1.35. The van der Waals surface area contributed by atoms with E-state index in [1.165, 1.54) is 12.7 Å². The number of anilines is 1. The summed E-state index contributed by atoms with van der Waals surface area (Å²) in [5.41, 5.74) is 4.20. The number of amides is 1. The number of methoxy groups -OCH3 is 1. The molecule has 0 aliphatic carbocycles. The van der Waals surface area contributed by atoms with E-state index in [1.54, 1.807) is 12.1 Å². The molecular formula is C19H20N2O3. The van der Waals surface area contributed by atoms with Crippen LogP contribution in [-0.2, 0) is 11.2 Å². The van der Waals surface area contributed by atoms with Crippen LogP contribution in [0.1, 0.15) is 44.8 Å². The van der Waals surface area contributed by atoms with Crippen LogP contribution < -0.4 is 10.6 Å². The van der Waals surface area contributed by atoms with Crippen molar-refractivity contribution in [3.63, 3.8) is 0 Å². The summed E-state index contributed by atoms with van der Waals surface area (Å²) in [6.45, 7) is 2.78. The van der Waals surface area contributed by atoms with Gasteiger partial charge in [0.2, 0.25) is 0 Å². The van der Waals surface area contributed by atoms with Crippen LogP contribution in [0.4, 0.5) is 5.69 Å². The van der Waals surface area contributed by atoms with Gasteiger partial charge in [-0.15, -0.1) is 0 Å². The van der Waals surface area contributed by atoms with E-state index in [2.05, 4.69) is 15.4 Å². The molecule has 0 radical (unpaired) electrons. The maximum Gasteiger partial charge on any atom is 0.337 e. The summed E-state index contributed by atoms with van der Waals surface area (Å²) < 4.78 is 4.69. The third-order valence-corrected chi connectivity index (χ3v) is 4.27. The number of hydrogen-bond acceptors (Lipinski definition) is 4. The molecule has 5 heteroatoms. The van der Waals surface area contributed by atoms with Gasteiger partial charge in [0.25, 0.3) is 5.91 Å². The maximum absolute atomic E-state index is 12.6. The second kappa shape index (κ2) is 6.74. The van der Waals surface area contributed by atoms with Gasteiger partial charge in [-0.25, -0.2) is 4.79 Å². The number of carbonyl (C=O) groups is 2. The van der Waals surface area contributed by atoms with Crippen molar-refractivity contribution in [1.29, 1.82) is 0 Å². The highest BCUT2D eigenvalue weighted by molar-refractivity contribution is 6.01. The third kappa shape index (κ3) is 3.11. The maximum atomic E-state index is 12.6. The van der Waals surface area contributed by atoms with Crippen molar-refractivity contribution in [3.8, 4) is 0 Å². The molecule has 0 spiro atoms. The van der Waals surface area contributed by atoms with Crippen LogP contribution in [-0.4, -0.2) is 25.5 Å². The van der Waals surface area contributed by atoms with Gasteiger partial charge in [-0.1, -0.05) is 24.3 Å². The molecule has 1 atom stereocenters. The van der Waals surface area contributed by atoms with E-state index < -0.39 is 0 Å². The van der Waals surface area contributed by atoms with Gasteiger partial charge in [-0.2, -0.15) is 0 Å². The molecule has 1 amide bonds. The van der Waals surface area contributed by atoms with Gasteiger partial charge < -0.3 is 15.4 Å². The minimum atomic E-state index is -0.371. The summed E-state index contributed by atoms with van der Waals surface area (Å²) >= 11 is 0. The lowest BCUT2D eigenvalue weighted by Crippen LogP contribution is -2.27. The second-order valence-corrected chi connectivity index (χ2v) is 5.83. The summed E-state index contributed by atoms with van der Waals surface area (Å²) in [5.74, 6) is -0.477. The predicted molar refractivity (Wildman–Crippen MR) is 92.3 cm³/mol. The Morgan fingerprint density at radius 3 is 2.62 bits per heavy atom. The molecule has 5 nitrogen and oxygen atoms in total. The normalized spacial score (nSPS) is 13.6. The van der Waals surface area contributed by atoms with Crippen molar-refractivity contribution in [1.82, 2.24) is 5.32 Å². The fraction of sp³-hybridized carbons (Fsp3) is 0.263. The van der Waals surface area contributed by atoms with Gasteiger partial charge in [0, 0.05) is 6.54 Å². The minimum Gasteiger partial charge on any atom is -0.465 e. The molecule has 24 heavy (non-hydrogen) atoms. The lowest BCUT2D eigenvalue weighted by molar-refractivity contribution is 0.0600. The standard InChI is InChI=1S/C19H20N2O3/c1-12(13-6-8-15(9-7-13)19(23)24-2)21-18(22)16-5-3-4-14-10-11-20-17(14)16/h3-9,12,20H,10-11H2,1-2H3,(H,21,22)/t12-/m0/s1. The molecule has 1 aliphatic rings. The van der Waals surface area contributed by atoms with Gasteiger partial charge >= 0.3 is 5.97 Å². The smallest absolute Gasteiger partial charge is 0.337 e. The van der Waals surface area contributed by atoms with Gasteiger partial charge in [-0.05, 0) is 42.7 Å². The predicted octanol–water partition coefficient (Wildman–Crippen LogP) is 2.93. The van der Waals surface area contributed by atoms with Crippen molar-refractivity contribution in [2.24, 2.45) is 0 Å². The highest BCUT2D eigenvalue weighted by Crippen LogP contribution is 2.27. The number of hydrogen-bond donors (Lipinski definition) is 2. The van der Waals surface area contributed by atoms with Gasteiger partial charge in [0.15, 0.2) is 0 Å². The Kier molecular flexibility index (Phi) is 4.51. The van der Waals surface area contributed by atoms with Crippen LogP contribution in [0, 0.1) is 0 Å². The monoisotopic (exact) mass is 324 g/mol. The van der Waals surface area contributed by atoms with E-state index in [0.29, 0.717) is 11.1 Å². The quantitative estimate of drug-likeness (QED) is 0.849. The minimum absolute atomic E-state index is 0.106. The van der Waals surface area contributed by atoms with Crippen molar-refractivity contribution in [2.45, 2.75) is 19.4 Å². The molecule has 0 bridgehead atoms. The molecular weight excluding hydrogens is 304 g/mol. The first-order valence-corrected chi connectivity index (χ1v) is 7.95. The summed E-state index contributed by atoms with van der Waals surface area (Å²) in [6, 6.07) is 12.7. The average Bonchev–Trinajstić information content (AvgIpc) is 3.09. The second-order valence-electron chi connectivity index (χ2n) is 5.83. The van der Waals surface area contributed by atoms with E-state index in [0.717, 1.165) is 24.2 Å². The molecule has 1 heterocycles.